The fourth-order valence-corrected chi connectivity index (χ4v) is 3.15. The maximum absolute atomic E-state index is 11.7. The maximum atomic E-state index is 11.7. The average molecular weight is 383 g/mol. The van der Waals surface area contributed by atoms with Crippen molar-refractivity contribution < 1.29 is 19.8 Å². The Morgan fingerprint density at radius 2 is 1.62 bits per heavy atom. The summed E-state index contributed by atoms with van der Waals surface area (Å²) in [4.78, 5) is 22.0. The summed E-state index contributed by atoms with van der Waals surface area (Å²) in [7, 11) is 0. The minimum absolute atomic E-state index is 0.142. The highest BCUT2D eigenvalue weighted by Crippen LogP contribution is 2.09. The lowest BCUT2D eigenvalue weighted by molar-refractivity contribution is -0.137. The van der Waals surface area contributed by atoms with Gasteiger partial charge in [0.25, 0.3) is 5.91 Å². The summed E-state index contributed by atoms with van der Waals surface area (Å²) in [6.07, 6.45) is 4.72. The molecule has 1 amide bonds. The smallest absolute Gasteiger partial charge is 0.303 e. The highest BCUT2D eigenvalue weighted by atomic mass is 32.2. The number of nitrogens with one attached hydrogen (secondary N) is 2. The zero-order valence-electron chi connectivity index (χ0n) is 15.2. The number of carbonyl (C=O) groups excluding carboxylic acids is 1. The third-order valence-corrected chi connectivity index (χ3v) is 4.81. The molecule has 1 fully saturated rings. The second-order valence-electron chi connectivity index (χ2n) is 6.08. The van der Waals surface area contributed by atoms with Gasteiger partial charge in [0, 0.05) is 43.1 Å². The molecule has 0 unspecified atom stereocenters. The van der Waals surface area contributed by atoms with Crippen molar-refractivity contribution in [2.24, 2.45) is 0 Å². The van der Waals surface area contributed by atoms with Gasteiger partial charge in [-0.25, -0.2) is 0 Å². The van der Waals surface area contributed by atoms with Crippen LogP contribution in [0.25, 0.3) is 0 Å². The first kappa shape index (κ1) is 22.3. The van der Waals surface area contributed by atoms with Gasteiger partial charge in [-0.05, 0) is 37.1 Å². The minimum atomic E-state index is -0.744. The van der Waals surface area contributed by atoms with Gasteiger partial charge in [0.2, 0.25) is 0 Å². The van der Waals surface area contributed by atoms with Gasteiger partial charge < -0.3 is 20.8 Å². The molecule has 1 heterocycles. The van der Waals surface area contributed by atoms with Crippen molar-refractivity contribution in [1.82, 2.24) is 10.6 Å². The van der Waals surface area contributed by atoms with Gasteiger partial charge >= 0.3 is 5.97 Å². The van der Waals surface area contributed by atoms with Crippen LogP contribution in [0.3, 0.4) is 0 Å². The van der Waals surface area contributed by atoms with Crippen LogP contribution in [0.2, 0.25) is 0 Å². The molecule has 6 nitrogen and oxygen atoms in total. The first-order chi connectivity index (χ1) is 12.6. The molecule has 0 radical (unpaired) electrons. The molecule has 0 aliphatic carbocycles. The zero-order chi connectivity index (χ0) is 19.0. The van der Waals surface area contributed by atoms with Gasteiger partial charge in [-0.1, -0.05) is 19.3 Å². The second-order valence-corrected chi connectivity index (χ2v) is 7.30. The first-order valence-electron chi connectivity index (χ1n) is 9.17. The van der Waals surface area contributed by atoms with Crippen LogP contribution in [0, 0.1) is 0 Å². The molecule has 2 rings (SSSR count). The number of amides is 1. The highest BCUT2D eigenvalue weighted by molar-refractivity contribution is 7.99. The Kier molecular flexibility index (Phi) is 12.4. The molecule has 0 atom stereocenters. The summed E-state index contributed by atoms with van der Waals surface area (Å²) in [6, 6.07) is 6.13. The molecule has 1 aliphatic heterocycles. The average Bonchev–Trinajstić information content (AvgIpc) is 2.66. The van der Waals surface area contributed by atoms with Crippen molar-refractivity contribution in [3.8, 4) is 5.75 Å². The van der Waals surface area contributed by atoms with Gasteiger partial charge in [-0.3, -0.25) is 9.59 Å². The molecule has 1 aromatic rings. The molecule has 0 bridgehead atoms. The fraction of sp³-hybridized carbons (Fsp3) is 0.579. The van der Waals surface area contributed by atoms with Gasteiger partial charge in [0.1, 0.15) is 5.75 Å². The normalized spacial score (nSPS) is 13.4. The number of benzene rings is 1. The Labute approximate surface area is 159 Å². The number of hydrogen-bond donors (Lipinski definition) is 4. The quantitative estimate of drug-likeness (QED) is 0.490. The number of carboxylic acid groups (broad SMARTS) is 1. The third kappa shape index (κ3) is 11.8. The molecule has 1 aromatic carbocycles. The molecule has 0 spiro atoms. The molecule has 26 heavy (non-hydrogen) atoms. The van der Waals surface area contributed by atoms with Crippen LogP contribution in [0.4, 0.5) is 0 Å². The van der Waals surface area contributed by atoms with Gasteiger partial charge in [-0.2, -0.15) is 11.8 Å². The number of hydrogen-bond acceptors (Lipinski definition) is 5. The van der Waals surface area contributed by atoms with E-state index in [2.05, 4.69) is 10.6 Å². The van der Waals surface area contributed by atoms with Crippen molar-refractivity contribution >= 4 is 23.6 Å². The number of aliphatic carboxylic acids is 1. The predicted molar refractivity (Wildman–Crippen MR) is 106 cm³/mol. The van der Waals surface area contributed by atoms with Crippen molar-refractivity contribution in [2.45, 2.75) is 38.5 Å². The van der Waals surface area contributed by atoms with E-state index >= 15 is 0 Å². The van der Waals surface area contributed by atoms with Crippen molar-refractivity contribution in [1.29, 1.82) is 0 Å². The topological polar surface area (TPSA) is 98.7 Å². The maximum Gasteiger partial charge on any atom is 0.303 e. The molecule has 1 aliphatic rings. The van der Waals surface area contributed by atoms with Crippen molar-refractivity contribution in [2.75, 3.05) is 31.1 Å². The number of phenols is 1. The van der Waals surface area contributed by atoms with E-state index in [4.69, 9.17) is 10.2 Å². The van der Waals surface area contributed by atoms with Crippen LogP contribution in [-0.2, 0) is 4.79 Å². The van der Waals surface area contributed by atoms with Crippen LogP contribution >= 0.6 is 11.8 Å². The summed E-state index contributed by atoms with van der Waals surface area (Å²) < 4.78 is 0. The van der Waals surface area contributed by atoms with Crippen molar-refractivity contribution in [3.63, 3.8) is 0 Å². The molecule has 1 saturated heterocycles. The van der Waals surface area contributed by atoms with Crippen LogP contribution < -0.4 is 10.6 Å². The number of phenolic OH excluding ortho intramolecular Hbond substituents is 1. The van der Waals surface area contributed by atoms with E-state index in [-0.39, 0.29) is 18.1 Å². The Balaban J connectivity index is 0.000000472. The summed E-state index contributed by atoms with van der Waals surface area (Å²) >= 11 is 2.03. The number of carboxylic acids is 1. The first-order valence-corrected chi connectivity index (χ1v) is 10.3. The van der Waals surface area contributed by atoms with Crippen LogP contribution in [0.15, 0.2) is 24.3 Å². The molecule has 146 valence electrons. The predicted octanol–water partition coefficient (Wildman–Crippen LogP) is 2.87. The summed E-state index contributed by atoms with van der Waals surface area (Å²) in [6.45, 7) is 3.04. The molecular weight excluding hydrogens is 352 g/mol. The summed E-state index contributed by atoms with van der Waals surface area (Å²) in [5, 5.41) is 23.7. The fourth-order valence-electron chi connectivity index (χ4n) is 2.36. The largest absolute Gasteiger partial charge is 0.508 e. The SMILES string of the molecule is C1CSCCN1.O=C(O)CCCCCCCNC(=O)c1ccc(O)cc1. The van der Waals surface area contributed by atoms with E-state index in [1.807, 2.05) is 11.8 Å². The second kappa shape index (κ2) is 14.4. The molecule has 4 N–H and O–H groups in total. The lowest BCUT2D eigenvalue weighted by Gasteiger charge is -2.08. The van der Waals surface area contributed by atoms with E-state index in [0.29, 0.717) is 12.1 Å². The Morgan fingerprint density at radius 1 is 1.00 bits per heavy atom. The van der Waals surface area contributed by atoms with Crippen LogP contribution in [0.1, 0.15) is 48.9 Å². The third-order valence-electron chi connectivity index (χ3n) is 3.83. The number of aromatic hydroxyl groups is 1. The molecule has 0 aromatic heterocycles. The summed E-state index contributed by atoms with van der Waals surface area (Å²) in [5.41, 5.74) is 0.532. The molecular formula is C19H30N2O4S. The minimum Gasteiger partial charge on any atom is -0.508 e. The molecule has 0 saturated carbocycles. The lowest BCUT2D eigenvalue weighted by Crippen LogP contribution is -2.24. The number of carbonyl (C=O) groups is 2. The van der Waals surface area contributed by atoms with E-state index < -0.39 is 5.97 Å². The lowest BCUT2D eigenvalue weighted by atomic mass is 10.1. The monoisotopic (exact) mass is 382 g/mol. The van der Waals surface area contributed by atoms with Crippen LogP contribution in [0.5, 0.6) is 5.75 Å². The molecule has 7 heteroatoms. The number of unbranched alkanes of at least 4 members (excludes halogenated alkanes) is 4. The van der Waals surface area contributed by atoms with E-state index in [9.17, 15) is 9.59 Å². The van der Waals surface area contributed by atoms with E-state index in [1.165, 1.54) is 36.7 Å². The van der Waals surface area contributed by atoms with Crippen molar-refractivity contribution in [3.05, 3.63) is 29.8 Å². The van der Waals surface area contributed by atoms with Gasteiger partial charge in [0.15, 0.2) is 0 Å². The van der Waals surface area contributed by atoms with Gasteiger partial charge in [0.05, 0.1) is 0 Å². The van der Waals surface area contributed by atoms with E-state index in [0.717, 1.165) is 32.1 Å². The Hall–Kier alpha value is -1.73. The number of thioether (sulfide) groups is 1. The summed E-state index contributed by atoms with van der Waals surface area (Å²) in [5.74, 6) is 1.87. The zero-order valence-corrected chi connectivity index (χ0v) is 16.0. The van der Waals surface area contributed by atoms with Crippen LogP contribution in [-0.4, -0.2) is 53.2 Å². The standard InChI is InChI=1S/C15H21NO4.C4H9NS/c17-13-9-7-12(8-10-13)15(20)16-11-5-3-1-2-4-6-14(18)19;1-3-6-4-2-5-1/h7-10,17H,1-6,11H2,(H,16,20)(H,18,19);5H,1-4H2. The number of rotatable bonds is 9. The Morgan fingerprint density at radius 3 is 2.15 bits per heavy atom. The van der Waals surface area contributed by atoms with E-state index in [1.54, 1.807) is 12.1 Å². The van der Waals surface area contributed by atoms with Gasteiger partial charge in [-0.15, -0.1) is 0 Å². The Bertz CT molecular complexity index is 507. The highest BCUT2D eigenvalue weighted by Gasteiger charge is 2.04.